The summed E-state index contributed by atoms with van der Waals surface area (Å²) in [6.07, 6.45) is -1.43. The van der Waals surface area contributed by atoms with Gasteiger partial charge in [-0.2, -0.15) is 0 Å². The highest BCUT2D eigenvalue weighted by Crippen LogP contribution is 2.29. The van der Waals surface area contributed by atoms with E-state index in [4.69, 9.17) is 10.5 Å². The van der Waals surface area contributed by atoms with Crippen LogP contribution in [-0.4, -0.2) is 32.2 Å². The minimum absolute atomic E-state index is 0.191. The van der Waals surface area contributed by atoms with Crippen molar-refractivity contribution >= 4 is 5.69 Å². The zero-order chi connectivity index (χ0) is 13.2. The van der Waals surface area contributed by atoms with Gasteiger partial charge in [0.05, 0.1) is 12.6 Å². The van der Waals surface area contributed by atoms with Crippen molar-refractivity contribution in [2.24, 2.45) is 5.73 Å². The van der Waals surface area contributed by atoms with Crippen LogP contribution in [0.1, 0.15) is 12.8 Å². The molecule has 3 nitrogen and oxygen atoms in total. The van der Waals surface area contributed by atoms with Crippen LogP contribution in [0.25, 0.3) is 0 Å². The molecule has 1 heterocycles. The van der Waals surface area contributed by atoms with Gasteiger partial charge in [0.1, 0.15) is 5.75 Å². The van der Waals surface area contributed by atoms with E-state index >= 15 is 0 Å². The third-order valence-electron chi connectivity index (χ3n) is 3.43. The Balaban J connectivity index is 2.12. The summed E-state index contributed by atoms with van der Waals surface area (Å²) >= 11 is 0. The lowest BCUT2D eigenvalue weighted by molar-refractivity contribution is 0.0448. The molecule has 1 aromatic rings. The second kappa shape index (κ2) is 5.10. The summed E-state index contributed by atoms with van der Waals surface area (Å²) in [5.41, 5.74) is 5.29. The summed E-state index contributed by atoms with van der Waals surface area (Å²) < 4.78 is 31.0. The van der Waals surface area contributed by atoms with E-state index in [2.05, 4.69) is 0 Å². The molecular weight excluding hydrogens is 238 g/mol. The standard InChI is InChI=1S/C13H18F2N2O/c1-18-11-5-3-10(4-6-11)17-8-2-7-13(16,9-17)12(14)15/h3-6,12H,2,7-9,16H2,1H3. The fourth-order valence-electron chi connectivity index (χ4n) is 2.30. The number of benzene rings is 1. The summed E-state index contributed by atoms with van der Waals surface area (Å²) in [4.78, 5) is 1.91. The first-order chi connectivity index (χ1) is 8.55. The van der Waals surface area contributed by atoms with Crippen molar-refractivity contribution in [2.45, 2.75) is 24.8 Å². The van der Waals surface area contributed by atoms with Crippen molar-refractivity contribution in [3.8, 4) is 5.75 Å². The van der Waals surface area contributed by atoms with Crippen LogP contribution in [0.3, 0.4) is 0 Å². The Bertz CT molecular complexity index is 396. The Labute approximate surface area is 106 Å². The Hall–Kier alpha value is -1.36. The number of nitrogens with two attached hydrogens (primary N) is 1. The minimum atomic E-state index is -2.49. The lowest BCUT2D eigenvalue weighted by Crippen LogP contribution is -2.59. The smallest absolute Gasteiger partial charge is 0.258 e. The van der Waals surface area contributed by atoms with E-state index in [1.807, 2.05) is 29.2 Å². The quantitative estimate of drug-likeness (QED) is 0.901. The van der Waals surface area contributed by atoms with E-state index in [0.29, 0.717) is 12.8 Å². The molecule has 1 saturated heterocycles. The van der Waals surface area contributed by atoms with Crippen LogP contribution < -0.4 is 15.4 Å². The molecular formula is C13H18F2N2O. The van der Waals surface area contributed by atoms with Crippen molar-refractivity contribution in [3.63, 3.8) is 0 Å². The monoisotopic (exact) mass is 256 g/mol. The fraction of sp³-hybridized carbons (Fsp3) is 0.538. The summed E-state index contributed by atoms with van der Waals surface area (Å²) in [6.45, 7) is 0.953. The number of halogens is 2. The number of nitrogens with zero attached hydrogens (tertiary/aromatic N) is 1. The van der Waals surface area contributed by atoms with Crippen LogP contribution in [-0.2, 0) is 0 Å². The molecule has 1 aromatic carbocycles. The van der Waals surface area contributed by atoms with E-state index < -0.39 is 12.0 Å². The molecule has 0 aliphatic carbocycles. The van der Waals surface area contributed by atoms with Crippen LogP contribution in [0.2, 0.25) is 0 Å². The van der Waals surface area contributed by atoms with E-state index in [9.17, 15) is 8.78 Å². The van der Waals surface area contributed by atoms with Crippen molar-refractivity contribution in [2.75, 3.05) is 25.1 Å². The Morgan fingerprint density at radius 2 is 2.00 bits per heavy atom. The molecule has 1 aliphatic rings. The summed E-state index contributed by atoms with van der Waals surface area (Å²) in [6, 6.07) is 7.39. The maximum Gasteiger partial charge on any atom is 0.258 e. The highest BCUT2D eigenvalue weighted by atomic mass is 19.3. The lowest BCUT2D eigenvalue weighted by Gasteiger charge is -2.40. The molecule has 18 heavy (non-hydrogen) atoms. The molecule has 5 heteroatoms. The molecule has 0 bridgehead atoms. The van der Waals surface area contributed by atoms with Crippen LogP contribution in [0.5, 0.6) is 5.75 Å². The highest BCUT2D eigenvalue weighted by Gasteiger charge is 2.39. The number of anilines is 1. The van der Waals surface area contributed by atoms with Crippen molar-refractivity contribution in [1.82, 2.24) is 0 Å². The first-order valence-corrected chi connectivity index (χ1v) is 6.01. The van der Waals surface area contributed by atoms with E-state index in [1.165, 1.54) is 0 Å². The van der Waals surface area contributed by atoms with E-state index in [0.717, 1.165) is 18.0 Å². The SMILES string of the molecule is COc1ccc(N2CCCC(N)(C(F)F)C2)cc1. The molecule has 2 N–H and O–H groups in total. The Kier molecular flexibility index (Phi) is 3.71. The number of ether oxygens (including phenoxy) is 1. The molecule has 1 unspecified atom stereocenters. The van der Waals surface area contributed by atoms with Gasteiger partial charge in [-0.05, 0) is 37.1 Å². The van der Waals surface area contributed by atoms with Gasteiger partial charge in [-0.15, -0.1) is 0 Å². The summed E-state index contributed by atoms with van der Waals surface area (Å²) in [5, 5.41) is 0. The van der Waals surface area contributed by atoms with Crippen molar-refractivity contribution in [1.29, 1.82) is 0 Å². The highest BCUT2D eigenvalue weighted by molar-refractivity contribution is 5.50. The van der Waals surface area contributed by atoms with Crippen LogP contribution >= 0.6 is 0 Å². The maximum atomic E-state index is 12.9. The topological polar surface area (TPSA) is 38.5 Å². The molecule has 100 valence electrons. The largest absolute Gasteiger partial charge is 0.497 e. The normalized spacial score (nSPS) is 24.4. The third-order valence-corrected chi connectivity index (χ3v) is 3.43. The van der Waals surface area contributed by atoms with E-state index in [1.54, 1.807) is 7.11 Å². The van der Waals surface area contributed by atoms with Gasteiger partial charge in [-0.25, -0.2) is 8.78 Å². The zero-order valence-corrected chi connectivity index (χ0v) is 10.4. The lowest BCUT2D eigenvalue weighted by atomic mass is 9.90. The van der Waals surface area contributed by atoms with Gasteiger partial charge < -0.3 is 15.4 Å². The molecule has 1 fully saturated rings. The first-order valence-electron chi connectivity index (χ1n) is 6.01. The average molecular weight is 256 g/mol. The van der Waals surface area contributed by atoms with Gasteiger partial charge >= 0.3 is 0 Å². The molecule has 2 rings (SSSR count). The first kappa shape index (κ1) is 13.1. The maximum absolute atomic E-state index is 12.9. The molecule has 0 amide bonds. The second-order valence-corrected chi connectivity index (χ2v) is 4.76. The number of methoxy groups -OCH3 is 1. The number of hydrogen-bond donors (Lipinski definition) is 1. The van der Waals surface area contributed by atoms with Gasteiger partial charge in [0.15, 0.2) is 0 Å². The Morgan fingerprint density at radius 1 is 1.33 bits per heavy atom. The van der Waals surface area contributed by atoms with E-state index in [-0.39, 0.29) is 6.54 Å². The second-order valence-electron chi connectivity index (χ2n) is 4.76. The molecule has 0 aromatic heterocycles. The van der Waals surface area contributed by atoms with Gasteiger partial charge in [0.25, 0.3) is 6.43 Å². The summed E-state index contributed by atoms with van der Waals surface area (Å²) in [7, 11) is 1.59. The summed E-state index contributed by atoms with van der Waals surface area (Å²) in [5.74, 6) is 0.753. The van der Waals surface area contributed by atoms with Crippen LogP contribution in [0, 0.1) is 0 Å². The zero-order valence-electron chi connectivity index (χ0n) is 10.4. The number of hydrogen-bond acceptors (Lipinski definition) is 3. The predicted molar refractivity (Wildman–Crippen MR) is 67.4 cm³/mol. The molecule has 0 spiro atoms. The number of piperidine rings is 1. The molecule has 0 radical (unpaired) electrons. The van der Waals surface area contributed by atoms with Crippen molar-refractivity contribution < 1.29 is 13.5 Å². The average Bonchev–Trinajstić information content (AvgIpc) is 2.39. The van der Waals surface area contributed by atoms with Gasteiger partial charge in [0, 0.05) is 18.8 Å². The minimum Gasteiger partial charge on any atom is -0.497 e. The van der Waals surface area contributed by atoms with Crippen LogP contribution in [0.15, 0.2) is 24.3 Å². The molecule has 0 saturated carbocycles. The molecule has 1 atom stereocenters. The predicted octanol–water partition coefficient (Wildman–Crippen LogP) is 2.26. The number of rotatable bonds is 3. The van der Waals surface area contributed by atoms with Gasteiger partial charge in [-0.1, -0.05) is 0 Å². The molecule has 1 aliphatic heterocycles. The van der Waals surface area contributed by atoms with Crippen molar-refractivity contribution in [3.05, 3.63) is 24.3 Å². The number of alkyl halides is 2. The van der Waals surface area contributed by atoms with Crippen LogP contribution in [0.4, 0.5) is 14.5 Å². The fourth-order valence-corrected chi connectivity index (χ4v) is 2.30. The van der Waals surface area contributed by atoms with Gasteiger partial charge in [-0.3, -0.25) is 0 Å². The Morgan fingerprint density at radius 3 is 2.56 bits per heavy atom. The van der Waals surface area contributed by atoms with Gasteiger partial charge in [0.2, 0.25) is 0 Å². The third kappa shape index (κ3) is 2.56.